The van der Waals surface area contributed by atoms with Crippen molar-refractivity contribution in [2.24, 2.45) is 23.7 Å². The number of fused-ring (bicyclic) bond motifs is 2. The van der Waals surface area contributed by atoms with Crippen LogP contribution >= 0.6 is 0 Å². The zero-order valence-electron chi connectivity index (χ0n) is 18.7. The first-order valence-corrected chi connectivity index (χ1v) is 12.3. The third-order valence-corrected chi connectivity index (χ3v) is 8.57. The minimum atomic E-state index is 0.335. The minimum absolute atomic E-state index is 0.335. The van der Waals surface area contributed by atoms with Gasteiger partial charge >= 0.3 is 0 Å². The Morgan fingerprint density at radius 2 is 1.77 bits per heavy atom. The van der Waals surface area contributed by atoms with E-state index >= 15 is 0 Å². The van der Waals surface area contributed by atoms with Crippen LogP contribution in [0.5, 0.6) is 0 Å². The first-order valence-electron chi connectivity index (χ1n) is 12.3. The second kappa shape index (κ2) is 8.33. The lowest BCUT2D eigenvalue weighted by atomic mass is 9.73. The van der Waals surface area contributed by atoms with Gasteiger partial charge in [-0.15, -0.1) is 0 Å². The molecule has 0 heterocycles. The quantitative estimate of drug-likeness (QED) is 0.421. The maximum Gasteiger partial charge on any atom is 0.163 e. The standard InChI is InChI=1S/C29H36O/c1-19-4-3-5-26(20(19)2)29(30)18-28(27-17-23-12-15-25(27)16-23)24-13-10-22(11-14-24)9-8-21-6-7-21/h3-5,10-11,13-14,21,23,25,27-28H,6-9,12,15-18H2,1-2H3/t23-,25+,27?,28+/m1/s1. The SMILES string of the molecule is Cc1cccc(C(=O)C[C@@H](c2ccc(CCC3CC3)cc2)C2C[C@@H]3CC[C@H]2C3)c1C. The molecule has 2 aromatic rings. The second-order valence-electron chi connectivity index (χ2n) is 10.5. The van der Waals surface area contributed by atoms with Crippen molar-refractivity contribution in [2.45, 2.75) is 77.6 Å². The molecule has 3 aliphatic rings. The predicted molar refractivity (Wildman–Crippen MR) is 124 cm³/mol. The molecule has 0 saturated heterocycles. The van der Waals surface area contributed by atoms with E-state index in [9.17, 15) is 4.79 Å². The number of carbonyl (C=O) groups is 1. The molecule has 30 heavy (non-hydrogen) atoms. The molecule has 0 radical (unpaired) electrons. The van der Waals surface area contributed by atoms with Gasteiger partial charge in [0.1, 0.15) is 0 Å². The van der Waals surface area contributed by atoms with E-state index in [2.05, 4.69) is 44.2 Å². The molecule has 0 N–H and O–H groups in total. The molecule has 3 aliphatic carbocycles. The highest BCUT2D eigenvalue weighted by atomic mass is 16.1. The van der Waals surface area contributed by atoms with Crippen LogP contribution in [0.15, 0.2) is 42.5 Å². The van der Waals surface area contributed by atoms with E-state index in [1.165, 1.54) is 68.1 Å². The number of Topliss-reactive ketones (excluding diaryl/α,β-unsaturated/α-hetero) is 1. The second-order valence-corrected chi connectivity index (χ2v) is 10.5. The van der Waals surface area contributed by atoms with Crippen LogP contribution in [0.25, 0.3) is 0 Å². The molecule has 2 aromatic carbocycles. The van der Waals surface area contributed by atoms with Gasteiger partial charge in [0.25, 0.3) is 0 Å². The van der Waals surface area contributed by atoms with E-state index in [-0.39, 0.29) is 0 Å². The van der Waals surface area contributed by atoms with Crippen molar-refractivity contribution in [2.75, 3.05) is 0 Å². The lowest BCUT2D eigenvalue weighted by Gasteiger charge is -2.31. The van der Waals surface area contributed by atoms with Gasteiger partial charge < -0.3 is 0 Å². The summed E-state index contributed by atoms with van der Waals surface area (Å²) in [5.41, 5.74) is 6.19. The summed E-state index contributed by atoms with van der Waals surface area (Å²) in [7, 11) is 0. The van der Waals surface area contributed by atoms with E-state index in [1.807, 2.05) is 12.1 Å². The molecule has 3 fully saturated rings. The van der Waals surface area contributed by atoms with Crippen LogP contribution in [0.1, 0.15) is 89.9 Å². The van der Waals surface area contributed by atoms with Crippen molar-refractivity contribution in [3.8, 4) is 0 Å². The Bertz CT molecular complexity index is 904. The Balaban J connectivity index is 1.37. The predicted octanol–water partition coefficient (Wildman–Crippen LogP) is 7.44. The first-order chi connectivity index (χ1) is 14.6. The topological polar surface area (TPSA) is 17.1 Å². The molecular formula is C29H36O. The average molecular weight is 401 g/mol. The van der Waals surface area contributed by atoms with Crippen LogP contribution in [0, 0.1) is 37.5 Å². The average Bonchev–Trinajstić information content (AvgIpc) is 3.35. The van der Waals surface area contributed by atoms with E-state index in [1.54, 1.807) is 0 Å². The highest BCUT2D eigenvalue weighted by Crippen LogP contribution is 2.54. The van der Waals surface area contributed by atoms with Gasteiger partial charge in [-0.3, -0.25) is 4.79 Å². The molecule has 1 unspecified atom stereocenters. The molecule has 0 aromatic heterocycles. The Labute approximate surface area is 182 Å². The molecule has 158 valence electrons. The van der Waals surface area contributed by atoms with Crippen LogP contribution in [0.2, 0.25) is 0 Å². The van der Waals surface area contributed by atoms with Gasteiger partial charge in [0.15, 0.2) is 5.78 Å². The van der Waals surface area contributed by atoms with Gasteiger partial charge in [0, 0.05) is 12.0 Å². The fraction of sp³-hybridized carbons (Fsp3) is 0.552. The molecule has 2 bridgehead atoms. The fourth-order valence-corrected chi connectivity index (χ4v) is 6.37. The zero-order chi connectivity index (χ0) is 20.7. The smallest absolute Gasteiger partial charge is 0.163 e. The van der Waals surface area contributed by atoms with Crippen molar-refractivity contribution >= 4 is 5.78 Å². The summed E-state index contributed by atoms with van der Waals surface area (Å²) >= 11 is 0. The van der Waals surface area contributed by atoms with Gasteiger partial charge in [-0.1, -0.05) is 61.7 Å². The van der Waals surface area contributed by atoms with Gasteiger partial charge in [0.05, 0.1) is 0 Å². The molecule has 3 saturated carbocycles. The number of hydrogen-bond donors (Lipinski definition) is 0. The Morgan fingerprint density at radius 3 is 2.43 bits per heavy atom. The minimum Gasteiger partial charge on any atom is -0.294 e. The van der Waals surface area contributed by atoms with Crippen molar-refractivity contribution in [1.29, 1.82) is 0 Å². The summed E-state index contributed by atoms with van der Waals surface area (Å²) in [4.78, 5) is 13.4. The molecule has 1 nitrogen and oxygen atoms in total. The van der Waals surface area contributed by atoms with Gasteiger partial charge in [-0.2, -0.15) is 0 Å². The number of aryl methyl sites for hydroxylation is 2. The normalized spacial score (nSPS) is 26.1. The van der Waals surface area contributed by atoms with E-state index in [0.717, 1.165) is 28.9 Å². The van der Waals surface area contributed by atoms with Crippen LogP contribution in [0.4, 0.5) is 0 Å². The molecule has 0 spiro atoms. The van der Waals surface area contributed by atoms with Crippen molar-refractivity contribution in [3.63, 3.8) is 0 Å². The lowest BCUT2D eigenvalue weighted by Crippen LogP contribution is -2.22. The summed E-state index contributed by atoms with van der Waals surface area (Å²) < 4.78 is 0. The maximum absolute atomic E-state index is 13.4. The number of ketones is 1. The number of hydrogen-bond acceptors (Lipinski definition) is 1. The van der Waals surface area contributed by atoms with E-state index < -0.39 is 0 Å². The monoisotopic (exact) mass is 400 g/mol. The summed E-state index contributed by atoms with van der Waals surface area (Å²) in [5, 5.41) is 0. The number of carbonyl (C=O) groups excluding carboxylic acids is 1. The highest BCUT2D eigenvalue weighted by Gasteiger charge is 2.44. The molecule has 5 rings (SSSR count). The van der Waals surface area contributed by atoms with E-state index in [0.29, 0.717) is 24.0 Å². The van der Waals surface area contributed by atoms with Crippen LogP contribution in [-0.4, -0.2) is 5.78 Å². The van der Waals surface area contributed by atoms with Crippen LogP contribution in [-0.2, 0) is 6.42 Å². The van der Waals surface area contributed by atoms with Crippen molar-refractivity contribution in [3.05, 3.63) is 70.3 Å². The summed E-state index contributed by atoms with van der Waals surface area (Å²) in [5.74, 6) is 4.14. The Morgan fingerprint density at radius 1 is 0.967 bits per heavy atom. The fourth-order valence-electron chi connectivity index (χ4n) is 6.37. The summed E-state index contributed by atoms with van der Waals surface area (Å²) in [6.07, 6.45) is 11.6. The number of rotatable bonds is 8. The van der Waals surface area contributed by atoms with Crippen molar-refractivity contribution in [1.82, 2.24) is 0 Å². The molecule has 0 aliphatic heterocycles. The zero-order valence-corrected chi connectivity index (χ0v) is 18.7. The Hall–Kier alpha value is -1.89. The molecule has 1 heteroatoms. The lowest BCUT2D eigenvalue weighted by molar-refractivity contribution is 0.0954. The van der Waals surface area contributed by atoms with Gasteiger partial charge in [0.2, 0.25) is 0 Å². The Kier molecular flexibility index (Phi) is 5.56. The molecular weight excluding hydrogens is 364 g/mol. The van der Waals surface area contributed by atoms with Gasteiger partial charge in [-0.25, -0.2) is 0 Å². The maximum atomic E-state index is 13.4. The van der Waals surface area contributed by atoms with Crippen molar-refractivity contribution < 1.29 is 4.79 Å². The summed E-state index contributed by atoms with van der Waals surface area (Å²) in [6, 6.07) is 15.6. The molecule has 0 amide bonds. The third kappa shape index (κ3) is 4.13. The highest BCUT2D eigenvalue weighted by molar-refractivity contribution is 5.98. The molecule has 4 atom stereocenters. The van der Waals surface area contributed by atoms with Crippen LogP contribution < -0.4 is 0 Å². The van der Waals surface area contributed by atoms with Gasteiger partial charge in [-0.05, 0) is 97.8 Å². The third-order valence-electron chi connectivity index (χ3n) is 8.57. The number of benzene rings is 2. The largest absolute Gasteiger partial charge is 0.294 e. The van der Waals surface area contributed by atoms with E-state index in [4.69, 9.17) is 0 Å². The first kappa shape index (κ1) is 20.0. The summed E-state index contributed by atoms with van der Waals surface area (Å²) in [6.45, 7) is 4.21. The van der Waals surface area contributed by atoms with Crippen LogP contribution in [0.3, 0.4) is 0 Å².